The van der Waals surface area contributed by atoms with Gasteiger partial charge in [-0.1, -0.05) is 17.7 Å². The molecule has 1 aliphatic rings. The SMILES string of the molecule is COc1ccc(N2CCCN(C(=O)C(C)Oc3cc(C)ccc3Cl)CC2)cc1. The van der Waals surface area contributed by atoms with Crippen LogP contribution in [0.3, 0.4) is 0 Å². The lowest BCUT2D eigenvalue weighted by Gasteiger charge is -2.26. The predicted octanol–water partition coefficient (Wildman–Crippen LogP) is 4.16. The Morgan fingerprint density at radius 1 is 1.07 bits per heavy atom. The molecule has 1 atom stereocenters. The summed E-state index contributed by atoms with van der Waals surface area (Å²) in [5.41, 5.74) is 2.19. The van der Waals surface area contributed by atoms with E-state index in [-0.39, 0.29) is 5.91 Å². The monoisotopic (exact) mass is 402 g/mol. The van der Waals surface area contributed by atoms with Crippen molar-refractivity contribution in [1.82, 2.24) is 4.90 Å². The van der Waals surface area contributed by atoms with Gasteiger partial charge in [0, 0.05) is 31.9 Å². The molecule has 1 aliphatic heterocycles. The zero-order valence-electron chi connectivity index (χ0n) is 16.7. The second-order valence-corrected chi connectivity index (χ2v) is 7.47. The summed E-state index contributed by atoms with van der Waals surface area (Å²) in [7, 11) is 1.66. The fraction of sp³-hybridized carbons (Fsp3) is 0.409. The second kappa shape index (κ2) is 9.20. The first-order chi connectivity index (χ1) is 13.5. The van der Waals surface area contributed by atoms with Crippen LogP contribution in [0.4, 0.5) is 5.69 Å². The van der Waals surface area contributed by atoms with E-state index in [0.29, 0.717) is 17.3 Å². The van der Waals surface area contributed by atoms with Crippen molar-refractivity contribution in [2.45, 2.75) is 26.4 Å². The molecule has 1 amide bonds. The number of benzene rings is 2. The molecule has 150 valence electrons. The van der Waals surface area contributed by atoms with Crippen molar-refractivity contribution in [3.63, 3.8) is 0 Å². The minimum atomic E-state index is -0.577. The van der Waals surface area contributed by atoms with Crippen molar-refractivity contribution in [2.24, 2.45) is 0 Å². The minimum absolute atomic E-state index is 0.00541. The number of carbonyl (C=O) groups is 1. The molecule has 0 saturated carbocycles. The van der Waals surface area contributed by atoms with Crippen LogP contribution in [0, 0.1) is 6.92 Å². The van der Waals surface area contributed by atoms with E-state index in [1.54, 1.807) is 20.1 Å². The van der Waals surface area contributed by atoms with Gasteiger partial charge in [-0.25, -0.2) is 0 Å². The van der Waals surface area contributed by atoms with Crippen molar-refractivity contribution >= 4 is 23.2 Å². The van der Waals surface area contributed by atoms with Crippen LogP contribution in [0.2, 0.25) is 5.02 Å². The molecule has 28 heavy (non-hydrogen) atoms. The summed E-state index contributed by atoms with van der Waals surface area (Å²) in [4.78, 5) is 17.1. The molecule has 1 heterocycles. The Bertz CT molecular complexity index is 810. The summed E-state index contributed by atoms with van der Waals surface area (Å²) < 4.78 is 11.1. The first kappa shape index (κ1) is 20.3. The topological polar surface area (TPSA) is 42.0 Å². The van der Waals surface area contributed by atoms with Crippen LogP contribution >= 0.6 is 11.6 Å². The molecule has 6 heteroatoms. The van der Waals surface area contributed by atoms with Gasteiger partial charge in [-0.2, -0.15) is 0 Å². The maximum absolute atomic E-state index is 12.9. The third kappa shape index (κ3) is 4.90. The molecule has 3 rings (SSSR count). The Morgan fingerprint density at radius 2 is 1.82 bits per heavy atom. The van der Waals surface area contributed by atoms with Gasteiger partial charge in [0.05, 0.1) is 12.1 Å². The highest BCUT2D eigenvalue weighted by Gasteiger charge is 2.25. The summed E-state index contributed by atoms with van der Waals surface area (Å²) >= 11 is 6.20. The molecule has 2 aromatic carbocycles. The number of nitrogens with zero attached hydrogens (tertiary/aromatic N) is 2. The summed E-state index contributed by atoms with van der Waals surface area (Å²) in [6, 6.07) is 13.6. The molecular weight excluding hydrogens is 376 g/mol. The Labute approximate surface area is 171 Å². The molecule has 0 aliphatic carbocycles. The van der Waals surface area contributed by atoms with Crippen molar-refractivity contribution in [2.75, 3.05) is 38.2 Å². The van der Waals surface area contributed by atoms with E-state index >= 15 is 0 Å². The summed E-state index contributed by atoms with van der Waals surface area (Å²) in [6.45, 7) is 6.84. The lowest BCUT2D eigenvalue weighted by atomic mass is 10.2. The van der Waals surface area contributed by atoms with E-state index in [4.69, 9.17) is 21.1 Å². The van der Waals surface area contributed by atoms with E-state index in [9.17, 15) is 4.79 Å². The normalized spacial score (nSPS) is 15.7. The fourth-order valence-corrected chi connectivity index (χ4v) is 3.55. The van der Waals surface area contributed by atoms with Crippen molar-refractivity contribution in [3.05, 3.63) is 53.1 Å². The van der Waals surface area contributed by atoms with E-state index in [1.807, 2.05) is 36.1 Å². The van der Waals surface area contributed by atoms with E-state index in [1.165, 1.54) is 0 Å². The number of aryl methyl sites for hydroxylation is 1. The largest absolute Gasteiger partial charge is 0.497 e. The Morgan fingerprint density at radius 3 is 2.54 bits per heavy atom. The quantitative estimate of drug-likeness (QED) is 0.753. The first-order valence-electron chi connectivity index (χ1n) is 9.58. The zero-order valence-corrected chi connectivity index (χ0v) is 17.4. The predicted molar refractivity (Wildman–Crippen MR) is 113 cm³/mol. The average molecular weight is 403 g/mol. The standard InChI is InChI=1S/C22H27ClN2O3/c1-16-5-10-20(23)21(15-16)28-17(2)22(26)25-12-4-11-24(13-14-25)18-6-8-19(27-3)9-7-18/h5-10,15,17H,4,11-14H2,1-3H3. The third-order valence-electron chi connectivity index (χ3n) is 4.98. The van der Waals surface area contributed by atoms with Crippen LogP contribution in [-0.4, -0.2) is 50.2 Å². The van der Waals surface area contributed by atoms with Gasteiger partial charge in [-0.3, -0.25) is 4.79 Å². The first-order valence-corrected chi connectivity index (χ1v) is 9.96. The van der Waals surface area contributed by atoms with Crippen molar-refractivity contribution in [3.8, 4) is 11.5 Å². The maximum atomic E-state index is 12.9. The molecule has 1 unspecified atom stereocenters. The van der Waals surface area contributed by atoms with Gasteiger partial charge in [-0.15, -0.1) is 0 Å². The van der Waals surface area contributed by atoms with Gasteiger partial charge in [0.2, 0.25) is 0 Å². The van der Waals surface area contributed by atoms with Gasteiger partial charge in [0.1, 0.15) is 11.5 Å². The van der Waals surface area contributed by atoms with Crippen LogP contribution in [0.5, 0.6) is 11.5 Å². The number of carbonyl (C=O) groups excluding carboxylic acids is 1. The molecule has 2 aromatic rings. The lowest BCUT2D eigenvalue weighted by molar-refractivity contribution is -0.137. The van der Waals surface area contributed by atoms with Crippen molar-refractivity contribution < 1.29 is 14.3 Å². The summed E-state index contributed by atoms with van der Waals surface area (Å²) in [5.74, 6) is 1.39. The number of ether oxygens (including phenoxy) is 2. The van der Waals surface area contributed by atoms with Gasteiger partial charge in [0.15, 0.2) is 6.10 Å². The van der Waals surface area contributed by atoms with Crippen LogP contribution in [0.25, 0.3) is 0 Å². The van der Waals surface area contributed by atoms with Crippen LogP contribution in [0.15, 0.2) is 42.5 Å². The smallest absolute Gasteiger partial charge is 0.263 e. The summed E-state index contributed by atoms with van der Waals surface area (Å²) in [5, 5.41) is 0.520. The molecule has 0 aromatic heterocycles. The number of hydrogen-bond donors (Lipinski definition) is 0. The highest BCUT2D eigenvalue weighted by molar-refractivity contribution is 6.32. The highest BCUT2D eigenvalue weighted by Crippen LogP contribution is 2.27. The Hall–Kier alpha value is -2.40. The molecular formula is C22H27ClN2O3. The van der Waals surface area contributed by atoms with Crippen LogP contribution < -0.4 is 14.4 Å². The molecule has 0 radical (unpaired) electrons. The number of methoxy groups -OCH3 is 1. The number of hydrogen-bond acceptors (Lipinski definition) is 4. The number of halogens is 1. The summed E-state index contributed by atoms with van der Waals surface area (Å²) in [6.07, 6.45) is 0.335. The van der Waals surface area contributed by atoms with Gasteiger partial charge in [-0.05, 0) is 62.2 Å². The van der Waals surface area contributed by atoms with E-state index in [2.05, 4.69) is 17.0 Å². The van der Waals surface area contributed by atoms with E-state index < -0.39 is 6.10 Å². The van der Waals surface area contributed by atoms with E-state index in [0.717, 1.165) is 43.1 Å². The lowest BCUT2D eigenvalue weighted by Crippen LogP contribution is -2.42. The number of anilines is 1. The third-order valence-corrected chi connectivity index (χ3v) is 5.30. The molecule has 0 spiro atoms. The average Bonchev–Trinajstić information content (AvgIpc) is 2.96. The molecule has 0 N–H and O–H groups in total. The van der Waals surface area contributed by atoms with Gasteiger partial charge < -0.3 is 19.3 Å². The van der Waals surface area contributed by atoms with Crippen LogP contribution in [-0.2, 0) is 4.79 Å². The second-order valence-electron chi connectivity index (χ2n) is 7.06. The minimum Gasteiger partial charge on any atom is -0.497 e. The Kier molecular flexibility index (Phi) is 6.68. The number of rotatable bonds is 5. The fourth-order valence-electron chi connectivity index (χ4n) is 3.39. The van der Waals surface area contributed by atoms with Crippen LogP contribution in [0.1, 0.15) is 18.9 Å². The Balaban J connectivity index is 1.60. The highest BCUT2D eigenvalue weighted by atomic mass is 35.5. The van der Waals surface area contributed by atoms with Crippen molar-refractivity contribution in [1.29, 1.82) is 0 Å². The molecule has 1 fully saturated rings. The molecule has 5 nitrogen and oxygen atoms in total. The molecule has 0 bridgehead atoms. The van der Waals surface area contributed by atoms with Gasteiger partial charge >= 0.3 is 0 Å². The zero-order chi connectivity index (χ0) is 20.1. The number of amides is 1. The maximum Gasteiger partial charge on any atom is 0.263 e. The van der Waals surface area contributed by atoms with Gasteiger partial charge in [0.25, 0.3) is 5.91 Å². The molecule has 1 saturated heterocycles.